The van der Waals surface area contributed by atoms with Crippen LogP contribution in [0.3, 0.4) is 0 Å². The molecular formula is C24H23N5O3. The molecule has 5 rings (SSSR count). The van der Waals surface area contributed by atoms with Gasteiger partial charge in [0.1, 0.15) is 5.69 Å². The van der Waals surface area contributed by atoms with E-state index in [1.807, 2.05) is 41.3 Å². The van der Waals surface area contributed by atoms with Gasteiger partial charge >= 0.3 is 0 Å². The molecular weight excluding hydrogens is 406 g/mol. The predicted octanol–water partition coefficient (Wildman–Crippen LogP) is 2.93. The third-order valence-electron chi connectivity index (χ3n) is 6.03. The molecule has 0 atom stereocenters. The van der Waals surface area contributed by atoms with Crippen molar-refractivity contribution in [3.8, 4) is 11.3 Å². The molecule has 1 saturated heterocycles. The summed E-state index contributed by atoms with van der Waals surface area (Å²) in [5, 5.41) is 4.95. The van der Waals surface area contributed by atoms with Gasteiger partial charge in [-0.2, -0.15) is 0 Å². The number of hydrogen-bond acceptors (Lipinski definition) is 6. The molecule has 32 heavy (non-hydrogen) atoms. The van der Waals surface area contributed by atoms with E-state index in [-0.39, 0.29) is 17.9 Å². The number of pyridine rings is 1. The quantitative estimate of drug-likeness (QED) is 0.484. The Morgan fingerprint density at radius 3 is 2.75 bits per heavy atom. The minimum Gasteiger partial charge on any atom is -0.356 e. The summed E-state index contributed by atoms with van der Waals surface area (Å²) in [6.45, 7) is 1.96. The van der Waals surface area contributed by atoms with Crippen LogP contribution in [-0.4, -0.2) is 43.6 Å². The van der Waals surface area contributed by atoms with Crippen LogP contribution in [0.1, 0.15) is 18.5 Å². The minimum absolute atomic E-state index is 0.0576. The summed E-state index contributed by atoms with van der Waals surface area (Å²) in [6.07, 6.45) is 6.93. The number of aromatic nitrogens is 4. The van der Waals surface area contributed by atoms with E-state index in [1.54, 1.807) is 29.4 Å². The van der Waals surface area contributed by atoms with Gasteiger partial charge < -0.3 is 9.42 Å². The molecule has 1 aliphatic heterocycles. The normalized spacial score (nSPS) is 14.7. The molecule has 1 aromatic carbocycles. The first-order valence-corrected chi connectivity index (χ1v) is 10.8. The minimum atomic E-state index is -0.0738. The van der Waals surface area contributed by atoms with Crippen LogP contribution in [0.4, 0.5) is 0 Å². The van der Waals surface area contributed by atoms with Crippen molar-refractivity contribution in [2.75, 3.05) is 13.1 Å². The fraction of sp³-hybridized carbons (Fsp3) is 0.292. The van der Waals surface area contributed by atoms with Crippen molar-refractivity contribution in [3.05, 3.63) is 77.2 Å². The van der Waals surface area contributed by atoms with Crippen LogP contribution in [0, 0.1) is 5.92 Å². The summed E-state index contributed by atoms with van der Waals surface area (Å²) in [7, 11) is 0. The zero-order valence-electron chi connectivity index (χ0n) is 17.6. The second-order valence-electron chi connectivity index (χ2n) is 8.13. The SMILES string of the molecule is O=C(Cc1noc2ccccc12)N1CCC(Cn2cnc(-c3cccnc3)cc2=O)CC1. The van der Waals surface area contributed by atoms with Crippen LogP contribution in [-0.2, 0) is 17.8 Å². The molecule has 1 fully saturated rings. The van der Waals surface area contributed by atoms with Crippen molar-refractivity contribution in [2.24, 2.45) is 5.92 Å². The molecule has 0 spiro atoms. The van der Waals surface area contributed by atoms with E-state index >= 15 is 0 Å². The number of likely N-dealkylation sites (tertiary alicyclic amines) is 1. The van der Waals surface area contributed by atoms with Gasteiger partial charge in [0.15, 0.2) is 5.58 Å². The van der Waals surface area contributed by atoms with Crippen molar-refractivity contribution in [1.29, 1.82) is 0 Å². The lowest BCUT2D eigenvalue weighted by Gasteiger charge is -2.32. The van der Waals surface area contributed by atoms with Gasteiger partial charge in [-0.3, -0.25) is 19.1 Å². The van der Waals surface area contributed by atoms with Crippen LogP contribution in [0.2, 0.25) is 0 Å². The van der Waals surface area contributed by atoms with Gasteiger partial charge in [-0.25, -0.2) is 4.98 Å². The van der Waals surface area contributed by atoms with Gasteiger partial charge in [-0.15, -0.1) is 0 Å². The number of rotatable bonds is 5. The number of benzene rings is 1. The second kappa shape index (κ2) is 8.74. The van der Waals surface area contributed by atoms with E-state index in [9.17, 15) is 9.59 Å². The molecule has 8 heteroatoms. The van der Waals surface area contributed by atoms with Crippen molar-refractivity contribution < 1.29 is 9.32 Å². The smallest absolute Gasteiger partial charge is 0.253 e. The highest BCUT2D eigenvalue weighted by Gasteiger charge is 2.24. The largest absolute Gasteiger partial charge is 0.356 e. The summed E-state index contributed by atoms with van der Waals surface area (Å²) in [6, 6.07) is 12.8. The van der Waals surface area contributed by atoms with Crippen LogP contribution < -0.4 is 5.56 Å². The Morgan fingerprint density at radius 1 is 1.12 bits per heavy atom. The van der Waals surface area contributed by atoms with Gasteiger partial charge in [0.05, 0.1) is 18.4 Å². The third kappa shape index (κ3) is 4.16. The molecule has 0 unspecified atom stereocenters. The highest BCUT2D eigenvalue weighted by molar-refractivity contribution is 5.86. The summed E-state index contributed by atoms with van der Waals surface area (Å²) in [5.74, 6) is 0.387. The molecule has 0 N–H and O–H groups in total. The number of hydrogen-bond donors (Lipinski definition) is 0. The number of nitrogens with zero attached hydrogens (tertiary/aromatic N) is 5. The highest BCUT2D eigenvalue weighted by Crippen LogP contribution is 2.22. The lowest BCUT2D eigenvalue weighted by atomic mass is 9.96. The second-order valence-corrected chi connectivity index (χ2v) is 8.13. The monoisotopic (exact) mass is 429 g/mol. The molecule has 1 amide bonds. The number of para-hydroxylation sites is 1. The molecule has 0 saturated carbocycles. The Bertz CT molecular complexity index is 1290. The molecule has 4 heterocycles. The van der Waals surface area contributed by atoms with E-state index in [2.05, 4.69) is 15.1 Å². The molecule has 8 nitrogen and oxygen atoms in total. The lowest BCUT2D eigenvalue weighted by molar-refractivity contribution is -0.132. The first-order valence-electron chi connectivity index (χ1n) is 10.8. The summed E-state index contributed by atoms with van der Waals surface area (Å²) in [4.78, 5) is 35.7. The van der Waals surface area contributed by atoms with E-state index in [1.165, 1.54) is 0 Å². The topological polar surface area (TPSA) is 94.1 Å². The Balaban J connectivity index is 1.18. The molecule has 162 valence electrons. The standard InChI is InChI=1S/C24H23N5O3/c30-23(13-21-19-5-1-2-6-22(19)32-27-21)28-10-7-17(8-11-28)15-29-16-26-20(12-24(29)31)18-4-3-9-25-14-18/h1-6,9,12,14,16-17H,7-8,10-11,13,15H2. The van der Waals surface area contributed by atoms with Crippen LogP contribution >= 0.6 is 0 Å². The fourth-order valence-corrected chi connectivity index (χ4v) is 4.20. The molecule has 1 aliphatic rings. The van der Waals surface area contributed by atoms with E-state index in [0.29, 0.717) is 42.5 Å². The zero-order valence-corrected chi connectivity index (χ0v) is 17.6. The molecule has 3 aromatic heterocycles. The van der Waals surface area contributed by atoms with E-state index in [0.717, 1.165) is 23.8 Å². The molecule has 0 radical (unpaired) electrons. The molecule has 4 aromatic rings. The average molecular weight is 429 g/mol. The fourth-order valence-electron chi connectivity index (χ4n) is 4.20. The first-order chi connectivity index (χ1) is 15.7. The van der Waals surface area contributed by atoms with Gasteiger partial charge in [-0.05, 0) is 43.0 Å². The number of amides is 1. The van der Waals surface area contributed by atoms with Gasteiger partial charge in [0.25, 0.3) is 5.56 Å². The first kappa shape index (κ1) is 20.1. The van der Waals surface area contributed by atoms with Crippen molar-refractivity contribution in [1.82, 2.24) is 24.6 Å². The van der Waals surface area contributed by atoms with Crippen molar-refractivity contribution >= 4 is 16.9 Å². The highest BCUT2D eigenvalue weighted by atomic mass is 16.5. The summed E-state index contributed by atoms with van der Waals surface area (Å²) in [5.41, 5.74) is 2.75. The van der Waals surface area contributed by atoms with Crippen molar-refractivity contribution in [3.63, 3.8) is 0 Å². The maximum Gasteiger partial charge on any atom is 0.253 e. The number of piperidine rings is 1. The Morgan fingerprint density at radius 2 is 1.97 bits per heavy atom. The molecule has 0 aliphatic carbocycles. The third-order valence-corrected chi connectivity index (χ3v) is 6.03. The van der Waals surface area contributed by atoms with Crippen molar-refractivity contribution in [2.45, 2.75) is 25.8 Å². The number of fused-ring (bicyclic) bond motifs is 1. The Kier molecular flexibility index (Phi) is 5.49. The average Bonchev–Trinajstić information content (AvgIpc) is 3.24. The van der Waals surface area contributed by atoms with Gasteiger partial charge in [0.2, 0.25) is 5.91 Å². The van der Waals surface area contributed by atoms with E-state index < -0.39 is 0 Å². The maximum atomic E-state index is 12.8. The summed E-state index contributed by atoms with van der Waals surface area (Å²) >= 11 is 0. The predicted molar refractivity (Wildman–Crippen MR) is 119 cm³/mol. The van der Waals surface area contributed by atoms with Crippen LogP contribution in [0.5, 0.6) is 0 Å². The number of carbonyl (C=O) groups excluding carboxylic acids is 1. The lowest BCUT2D eigenvalue weighted by Crippen LogP contribution is -2.40. The molecule has 0 bridgehead atoms. The zero-order chi connectivity index (χ0) is 21.9. The maximum absolute atomic E-state index is 12.8. The van der Waals surface area contributed by atoms with Crippen LogP contribution in [0.15, 0.2) is 70.5 Å². The van der Waals surface area contributed by atoms with E-state index in [4.69, 9.17) is 4.52 Å². The Labute approximate surface area is 184 Å². The van der Waals surface area contributed by atoms with Crippen LogP contribution in [0.25, 0.3) is 22.2 Å². The summed E-state index contributed by atoms with van der Waals surface area (Å²) < 4.78 is 6.96. The number of carbonyl (C=O) groups is 1. The van der Waals surface area contributed by atoms with Gasteiger partial charge in [-0.1, -0.05) is 17.3 Å². The van der Waals surface area contributed by atoms with Gasteiger partial charge in [0, 0.05) is 49.0 Å². The Hall–Kier alpha value is -3.81.